The second-order valence-electron chi connectivity index (χ2n) is 6.47. The Morgan fingerprint density at radius 3 is 2.17 bits per heavy atom. The van der Waals surface area contributed by atoms with Gasteiger partial charge in [0.1, 0.15) is 0 Å². The number of rotatable bonds is 2. The van der Waals surface area contributed by atoms with Crippen molar-refractivity contribution < 1.29 is 23.1 Å². The predicted molar refractivity (Wildman–Crippen MR) is 82.6 cm³/mol. The lowest BCUT2D eigenvalue weighted by molar-refractivity contribution is -0.137. The van der Waals surface area contributed by atoms with Gasteiger partial charge in [0, 0.05) is 37.8 Å². The van der Waals surface area contributed by atoms with Gasteiger partial charge < -0.3 is 10.0 Å². The molecule has 0 unspecified atom stereocenters. The maximum atomic E-state index is 12.6. The zero-order chi connectivity index (χ0) is 17.3. The van der Waals surface area contributed by atoms with Crippen molar-refractivity contribution in [2.75, 3.05) is 26.2 Å². The second-order valence-corrected chi connectivity index (χ2v) is 6.47. The van der Waals surface area contributed by atoms with Gasteiger partial charge in [-0.2, -0.15) is 13.2 Å². The number of piperazine rings is 1. The molecule has 1 aromatic carbocycles. The molecule has 1 heterocycles. The fourth-order valence-electron chi connectivity index (χ4n) is 3.59. The molecule has 0 radical (unpaired) electrons. The highest BCUT2D eigenvalue weighted by Crippen LogP contribution is 2.29. The molecular formula is C17H21F3N2O2. The lowest BCUT2D eigenvalue weighted by Gasteiger charge is -2.39. The predicted octanol–water partition coefficient (Wildman–Crippen LogP) is 2.38. The SMILES string of the molecule is O=C(c1ccc(C(F)(F)F)cc1)N1CCN([C@H]2CCC[C@@H]2O)CC1. The van der Waals surface area contributed by atoms with Crippen LogP contribution in [-0.2, 0) is 6.18 Å². The van der Waals surface area contributed by atoms with Crippen LogP contribution in [0.25, 0.3) is 0 Å². The highest BCUT2D eigenvalue weighted by atomic mass is 19.4. The van der Waals surface area contributed by atoms with Crippen molar-refractivity contribution in [3.8, 4) is 0 Å². The van der Waals surface area contributed by atoms with Gasteiger partial charge in [-0.05, 0) is 43.5 Å². The standard InChI is InChI=1S/C17H21F3N2O2/c18-17(19,20)13-6-4-12(5-7-13)16(24)22-10-8-21(9-11-22)14-2-1-3-15(14)23/h4-7,14-15,23H,1-3,8-11H2/t14-,15-/m0/s1. The van der Waals surface area contributed by atoms with Gasteiger partial charge in [0.25, 0.3) is 5.91 Å². The third kappa shape index (κ3) is 3.57. The number of nitrogens with zero attached hydrogens (tertiary/aromatic N) is 2. The summed E-state index contributed by atoms with van der Waals surface area (Å²) in [6, 6.07) is 4.53. The number of hydrogen-bond donors (Lipinski definition) is 1. The summed E-state index contributed by atoms with van der Waals surface area (Å²) in [6.07, 6.45) is -1.85. The van der Waals surface area contributed by atoms with E-state index in [4.69, 9.17) is 0 Å². The summed E-state index contributed by atoms with van der Waals surface area (Å²) in [7, 11) is 0. The van der Waals surface area contributed by atoms with E-state index in [1.54, 1.807) is 4.90 Å². The number of amides is 1. The van der Waals surface area contributed by atoms with Crippen LogP contribution in [0.5, 0.6) is 0 Å². The third-order valence-corrected chi connectivity index (χ3v) is 4.97. The average molecular weight is 342 g/mol. The van der Waals surface area contributed by atoms with Crippen LogP contribution in [0.1, 0.15) is 35.2 Å². The van der Waals surface area contributed by atoms with Gasteiger partial charge in [0.15, 0.2) is 0 Å². The molecule has 1 N–H and O–H groups in total. The van der Waals surface area contributed by atoms with Gasteiger partial charge >= 0.3 is 6.18 Å². The van der Waals surface area contributed by atoms with E-state index in [-0.39, 0.29) is 23.6 Å². The van der Waals surface area contributed by atoms with Crippen molar-refractivity contribution in [1.82, 2.24) is 9.80 Å². The summed E-state index contributed by atoms with van der Waals surface area (Å²) in [5, 5.41) is 9.97. The smallest absolute Gasteiger partial charge is 0.391 e. The Bertz CT molecular complexity index is 580. The van der Waals surface area contributed by atoms with Gasteiger partial charge in [-0.3, -0.25) is 9.69 Å². The molecule has 2 fully saturated rings. The number of carbonyl (C=O) groups is 1. The van der Waals surface area contributed by atoms with Crippen molar-refractivity contribution in [2.24, 2.45) is 0 Å². The quantitative estimate of drug-likeness (QED) is 0.897. The molecule has 0 spiro atoms. The fourth-order valence-corrected chi connectivity index (χ4v) is 3.59. The number of benzene rings is 1. The molecule has 0 bridgehead atoms. The molecule has 1 aromatic rings. The van der Waals surface area contributed by atoms with Crippen LogP contribution in [-0.4, -0.2) is 59.1 Å². The van der Waals surface area contributed by atoms with E-state index < -0.39 is 11.7 Å². The molecule has 2 aliphatic rings. The monoisotopic (exact) mass is 342 g/mol. The van der Waals surface area contributed by atoms with Gasteiger partial charge in [0.2, 0.25) is 0 Å². The highest BCUT2D eigenvalue weighted by molar-refractivity contribution is 5.94. The zero-order valence-electron chi connectivity index (χ0n) is 13.3. The Morgan fingerprint density at radius 1 is 1.04 bits per heavy atom. The molecule has 24 heavy (non-hydrogen) atoms. The zero-order valence-corrected chi connectivity index (χ0v) is 13.3. The maximum absolute atomic E-state index is 12.6. The number of aliphatic hydroxyl groups excluding tert-OH is 1. The number of aliphatic hydroxyl groups is 1. The van der Waals surface area contributed by atoms with E-state index in [1.807, 2.05) is 0 Å². The minimum absolute atomic E-state index is 0.174. The molecule has 1 saturated carbocycles. The van der Waals surface area contributed by atoms with Crippen molar-refractivity contribution >= 4 is 5.91 Å². The number of alkyl halides is 3. The number of hydrogen-bond acceptors (Lipinski definition) is 3. The Hall–Kier alpha value is -1.60. The summed E-state index contributed by atoms with van der Waals surface area (Å²) < 4.78 is 37.7. The van der Waals surface area contributed by atoms with Gasteiger partial charge in [-0.15, -0.1) is 0 Å². The maximum Gasteiger partial charge on any atom is 0.416 e. The fraction of sp³-hybridized carbons (Fsp3) is 0.588. The molecule has 3 rings (SSSR count). The Balaban J connectivity index is 1.59. The summed E-state index contributed by atoms with van der Waals surface area (Å²) in [4.78, 5) is 16.3. The Morgan fingerprint density at radius 2 is 1.67 bits per heavy atom. The van der Waals surface area contributed by atoms with Crippen molar-refractivity contribution in [2.45, 2.75) is 37.6 Å². The topological polar surface area (TPSA) is 43.8 Å². The van der Waals surface area contributed by atoms with Crippen LogP contribution in [0, 0.1) is 0 Å². The minimum atomic E-state index is -4.39. The summed E-state index contributed by atoms with van der Waals surface area (Å²) in [5.74, 6) is -0.240. The second kappa shape index (κ2) is 6.72. The van der Waals surface area contributed by atoms with Crippen LogP contribution in [0.4, 0.5) is 13.2 Å². The van der Waals surface area contributed by atoms with Gasteiger partial charge in [0.05, 0.1) is 11.7 Å². The van der Waals surface area contributed by atoms with Crippen LogP contribution < -0.4 is 0 Å². The first-order valence-electron chi connectivity index (χ1n) is 8.25. The first-order valence-corrected chi connectivity index (χ1v) is 8.25. The number of carbonyl (C=O) groups excluding carboxylic acids is 1. The molecule has 1 aliphatic carbocycles. The summed E-state index contributed by atoms with van der Waals surface area (Å²) in [5.41, 5.74) is -0.476. The van der Waals surface area contributed by atoms with Crippen LogP contribution in [0.15, 0.2) is 24.3 Å². The van der Waals surface area contributed by atoms with Crippen molar-refractivity contribution in [3.05, 3.63) is 35.4 Å². The molecule has 1 amide bonds. The molecular weight excluding hydrogens is 321 g/mol. The Labute approximate surface area is 138 Å². The average Bonchev–Trinajstić information content (AvgIpc) is 3.00. The van der Waals surface area contributed by atoms with Crippen LogP contribution in [0.2, 0.25) is 0 Å². The Kier molecular flexibility index (Phi) is 4.83. The molecule has 1 aliphatic heterocycles. The number of halogens is 3. The molecule has 0 aromatic heterocycles. The molecule has 132 valence electrons. The van der Waals surface area contributed by atoms with Crippen molar-refractivity contribution in [3.63, 3.8) is 0 Å². The lowest BCUT2D eigenvalue weighted by atomic mass is 10.1. The van der Waals surface area contributed by atoms with E-state index in [2.05, 4.69) is 4.90 Å². The molecule has 2 atom stereocenters. The highest BCUT2D eigenvalue weighted by Gasteiger charge is 2.34. The minimum Gasteiger partial charge on any atom is -0.391 e. The molecule has 1 saturated heterocycles. The van der Waals surface area contributed by atoms with E-state index in [9.17, 15) is 23.1 Å². The molecule has 7 heteroatoms. The summed E-state index contributed by atoms with van der Waals surface area (Å²) in [6.45, 7) is 2.44. The van der Waals surface area contributed by atoms with E-state index in [0.29, 0.717) is 26.2 Å². The first-order chi connectivity index (χ1) is 11.4. The summed E-state index contributed by atoms with van der Waals surface area (Å²) >= 11 is 0. The first kappa shape index (κ1) is 17.2. The van der Waals surface area contributed by atoms with Crippen LogP contribution in [0.3, 0.4) is 0 Å². The molecule has 4 nitrogen and oxygen atoms in total. The largest absolute Gasteiger partial charge is 0.416 e. The third-order valence-electron chi connectivity index (χ3n) is 4.97. The van der Waals surface area contributed by atoms with Crippen LogP contribution >= 0.6 is 0 Å². The van der Waals surface area contributed by atoms with Gasteiger partial charge in [-0.25, -0.2) is 0 Å². The lowest BCUT2D eigenvalue weighted by Crippen LogP contribution is -2.53. The van der Waals surface area contributed by atoms with E-state index in [1.165, 1.54) is 12.1 Å². The van der Waals surface area contributed by atoms with Gasteiger partial charge in [-0.1, -0.05) is 0 Å². The van der Waals surface area contributed by atoms with E-state index in [0.717, 1.165) is 31.4 Å². The van der Waals surface area contributed by atoms with Crippen molar-refractivity contribution in [1.29, 1.82) is 0 Å². The van der Waals surface area contributed by atoms with E-state index >= 15 is 0 Å². The normalized spacial score (nSPS) is 25.9.